The monoisotopic (exact) mass is 361 g/mol. The Morgan fingerprint density at radius 3 is 2.50 bits per heavy atom. The zero-order valence-corrected chi connectivity index (χ0v) is 13.6. The summed E-state index contributed by atoms with van der Waals surface area (Å²) >= 11 is 0. The van der Waals surface area contributed by atoms with Gasteiger partial charge < -0.3 is 15.7 Å². The Balaban J connectivity index is 2.21. The number of amides is 1. The molecule has 0 aliphatic heterocycles. The molecule has 0 heterocycles. The zero-order valence-electron chi connectivity index (χ0n) is 13.6. The van der Waals surface area contributed by atoms with Gasteiger partial charge in [-0.15, -0.1) is 0 Å². The lowest BCUT2D eigenvalue weighted by Gasteiger charge is -2.13. The third kappa shape index (κ3) is 4.54. The van der Waals surface area contributed by atoms with Crippen molar-refractivity contribution in [3.8, 4) is 11.8 Å². The summed E-state index contributed by atoms with van der Waals surface area (Å²) < 4.78 is 38.9. The van der Waals surface area contributed by atoms with Gasteiger partial charge in [-0.1, -0.05) is 12.1 Å². The molecular formula is C18H14F3N3O2. The fourth-order valence-corrected chi connectivity index (χ4v) is 2.14. The summed E-state index contributed by atoms with van der Waals surface area (Å²) in [4.78, 5) is 12.1. The van der Waals surface area contributed by atoms with Gasteiger partial charge in [0.05, 0.1) is 11.3 Å². The van der Waals surface area contributed by atoms with Gasteiger partial charge in [-0.3, -0.25) is 4.79 Å². The zero-order chi connectivity index (χ0) is 19.3. The van der Waals surface area contributed by atoms with E-state index in [0.29, 0.717) is 11.3 Å². The minimum atomic E-state index is -4.64. The summed E-state index contributed by atoms with van der Waals surface area (Å²) in [5, 5.41) is 23.3. The van der Waals surface area contributed by atoms with Gasteiger partial charge in [-0.05, 0) is 42.8 Å². The van der Waals surface area contributed by atoms with E-state index < -0.39 is 28.9 Å². The van der Waals surface area contributed by atoms with Crippen LogP contribution in [0.3, 0.4) is 0 Å². The third-order valence-electron chi connectivity index (χ3n) is 3.43. The second-order valence-corrected chi connectivity index (χ2v) is 5.31. The van der Waals surface area contributed by atoms with E-state index in [1.807, 2.05) is 0 Å². The number of para-hydroxylation sites is 1. The number of benzene rings is 2. The molecule has 5 nitrogen and oxygen atoms in total. The molecular weight excluding hydrogens is 347 g/mol. The maximum Gasteiger partial charge on any atom is 0.418 e. The highest BCUT2D eigenvalue weighted by Gasteiger charge is 2.33. The van der Waals surface area contributed by atoms with Crippen molar-refractivity contribution in [1.82, 2.24) is 0 Å². The summed E-state index contributed by atoms with van der Waals surface area (Å²) in [6.45, 7) is 1.70. The van der Waals surface area contributed by atoms with Crippen LogP contribution in [0.5, 0.6) is 5.75 Å². The van der Waals surface area contributed by atoms with Crippen molar-refractivity contribution < 1.29 is 23.1 Å². The summed E-state index contributed by atoms with van der Waals surface area (Å²) in [7, 11) is 0. The van der Waals surface area contributed by atoms with E-state index in [4.69, 9.17) is 5.26 Å². The molecule has 3 N–H and O–H groups in total. The van der Waals surface area contributed by atoms with Crippen LogP contribution in [0.1, 0.15) is 11.1 Å². The van der Waals surface area contributed by atoms with Gasteiger partial charge in [0.15, 0.2) is 0 Å². The molecule has 0 saturated carbocycles. The van der Waals surface area contributed by atoms with E-state index in [1.165, 1.54) is 30.3 Å². The molecule has 2 rings (SSSR count). The van der Waals surface area contributed by atoms with Crippen LogP contribution < -0.4 is 10.6 Å². The molecule has 0 aromatic heterocycles. The number of hydrogen-bond donors (Lipinski definition) is 3. The number of phenolic OH excluding ortho intramolecular Hbond substituents is 1. The Kier molecular flexibility index (Phi) is 5.52. The van der Waals surface area contributed by atoms with E-state index in [0.717, 1.165) is 18.3 Å². The van der Waals surface area contributed by atoms with E-state index in [-0.39, 0.29) is 5.75 Å². The highest BCUT2D eigenvalue weighted by Crippen LogP contribution is 2.34. The molecule has 0 aliphatic carbocycles. The van der Waals surface area contributed by atoms with Crippen LogP contribution in [0.15, 0.2) is 54.2 Å². The molecule has 1 amide bonds. The molecule has 8 heteroatoms. The smallest absolute Gasteiger partial charge is 0.418 e. The standard InChI is InChI=1S/C18H14F3N3O2/c1-11-8-13(25)6-7-15(11)23-10-12(9-22)17(26)24-16-5-3-2-4-14(16)18(19,20)21/h2-8,10,23,25H,1H3,(H,24,26)/b12-10-. The Hall–Kier alpha value is -3.47. The largest absolute Gasteiger partial charge is 0.508 e. The molecule has 0 aliphatic rings. The number of hydrogen-bond acceptors (Lipinski definition) is 4. The van der Waals surface area contributed by atoms with Gasteiger partial charge in [0.25, 0.3) is 5.91 Å². The predicted molar refractivity (Wildman–Crippen MR) is 90.2 cm³/mol. The van der Waals surface area contributed by atoms with Crippen molar-refractivity contribution in [3.05, 3.63) is 65.4 Å². The van der Waals surface area contributed by atoms with Crippen LogP contribution in [-0.2, 0) is 11.0 Å². The molecule has 26 heavy (non-hydrogen) atoms. The van der Waals surface area contributed by atoms with Crippen molar-refractivity contribution in [1.29, 1.82) is 5.26 Å². The fourth-order valence-electron chi connectivity index (χ4n) is 2.14. The van der Waals surface area contributed by atoms with E-state index in [2.05, 4.69) is 10.6 Å². The summed E-state index contributed by atoms with van der Waals surface area (Å²) in [6.07, 6.45) is -3.55. The average molecular weight is 361 g/mol. The van der Waals surface area contributed by atoms with Crippen molar-refractivity contribution in [2.75, 3.05) is 10.6 Å². The number of carbonyl (C=O) groups is 1. The van der Waals surface area contributed by atoms with Gasteiger partial charge in [0, 0.05) is 11.9 Å². The van der Waals surface area contributed by atoms with Crippen LogP contribution >= 0.6 is 0 Å². The van der Waals surface area contributed by atoms with Crippen LogP contribution in [0, 0.1) is 18.3 Å². The number of nitrogens with zero attached hydrogens (tertiary/aromatic N) is 1. The molecule has 2 aromatic rings. The molecule has 0 bridgehead atoms. The van der Waals surface area contributed by atoms with E-state index in [9.17, 15) is 23.1 Å². The minimum absolute atomic E-state index is 0.0547. The van der Waals surface area contributed by atoms with Gasteiger partial charge in [0.1, 0.15) is 17.4 Å². The third-order valence-corrected chi connectivity index (χ3v) is 3.43. The first-order chi connectivity index (χ1) is 12.2. The van der Waals surface area contributed by atoms with Crippen LogP contribution in [0.4, 0.5) is 24.5 Å². The number of nitriles is 1. The quantitative estimate of drug-likeness (QED) is 0.433. The summed E-state index contributed by atoms with van der Waals surface area (Å²) in [6, 6.07) is 10.5. The first-order valence-electron chi connectivity index (χ1n) is 7.36. The van der Waals surface area contributed by atoms with E-state index in [1.54, 1.807) is 13.0 Å². The molecule has 0 fully saturated rings. The summed E-state index contributed by atoms with van der Waals surface area (Å²) in [5.41, 5.74) is -0.671. The Morgan fingerprint density at radius 2 is 1.88 bits per heavy atom. The maximum atomic E-state index is 13.0. The minimum Gasteiger partial charge on any atom is -0.508 e. The van der Waals surface area contributed by atoms with Gasteiger partial charge in [0.2, 0.25) is 0 Å². The lowest BCUT2D eigenvalue weighted by atomic mass is 10.1. The number of aromatic hydroxyl groups is 1. The van der Waals surface area contributed by atoms with Gasteiger partial charge in [-0.25, -0.2) is 0 Å². The SMILES string of the molecule is Cc1cc(O)ccc1N/C=C(/C#N)C(=O)Nc1ccccc1C(F)(F)F. The molecule has 0 atom stereocenters. The molecule has 134 valence electrons. The second kappa shape index (κ2) is 7.61. The van der Waals surface area contributed by atoms with Gasteiger partial charge in [-0.2, -0.15) is 18.4 Å². The maximum absolute atomic E-state index is 13.0. The fraction of sp³-hybridized carbons (Fsp3) is 0.111. The van der Waals surface area contributed by atoms with Gasteiger partial charge >= 0.3 is 6.18 Å². The Morgan fingerprint density at radius 1 is 1.19 bits per heavy atom. The number of halogens is 3. The number of carbonyl (C=O) groups excluding carboxylic acids is 1. The highest BCUT2D eigenvalue weighted by molar-refractivity contribution is 6.07. The predicted octanol–water partition coefficient (Wildman–Crippen LogP) is 4.18. The number of alkyl halides is 3. The molecule has 0 radical (unpaired) electrons. The molecule has 0 unspecified atom stereocenters. The number of phenols is 1. The van der Waals surface area contributed by atoms with Crippen molar-refractivity contribution >= 4 is 17.3 Å². The highest BCUT2D eigenvalue weighted by atomic mass is 19.4. The molecule has 2 aromatic carbocycles. The Labute approximate surface area is 147 Å². The number of nitrogens with one attached hydrogen (secondary N) is 2. The molecule has 0 spiro atoms. The van der Waals surface area contributed by atoms with Crippen molar-refractivity contribution in [3.63, 3.8) is 0 Å². The first-order valence-corrected chi connectivity index (χ1v) is 7.36. The van der Waals surface area contributed by atoms with E-state index >= 15 is 0 Å². The van der Waals surface area contributed by atoms with Crippen LogP contribution in [0.25, 0.3) is 0 Å². The number of aryl methyl sites for hydroxylation is 1. The van der Waals surface area contributed by atoms with Crippen LogP contribution in [-0.4, -0.2) is 11.0 Å². The lowest BCUT2D eigenvalue weighted by molar-refractivity contribution is -0.137. The van der Waals surface area contributed by atoms with Crippen LogP contribution in [0.2, 0.25) is 0 Å². The Bertz CT molecular complexity index is 899. The topological polar surface area (TPSA) is 85.2 Å². The first kappa shape index (κ1) is 18.9. The molecule has 0 saturated heterocycles. The summed E-state index contributed by atoms with van der Waals surface area (Å²) in [5.74, 6) is -0.924. The number of rotatable bonds is 4. The number of anilines is 2. The second-order valence-electron chi connectivity index (χ2n) is 5.31. The normalized spacial score (nSPS) is 11.6. The van der Waals surface area contributed by atoms with Crippen molar-refractivity contribution in [2.24, 2.45) is 0 Å². The lowest BCUT2D eigenvalue weighted by Crippen LogP contribution is -2.18. The average Bonchev–Trinajstić information content (AvgIpc) is 2.56. The van der Waals surface area contributed by atoms with Crippen molar-refractivity contribution in [2.45, 2.75) is 13.1 Å².